The number of nitrogens with one attached hydrogen (secondary N) is 1. The molecule has 2 amide bonds. The standard InChI is InChI=1S/C22H32N6O4/c1-31-16-13-15-17(18(29)19(16)32-2)20(23)26-21(25-15)27-9-11-28(12-10-27)22(30)24-14-7-5-3-4-6-8-14/h13-14,29H,3-12H2,1-2H3,(H,24,30)(H2,23,25,26). The summed E-state index contributed by atoms with van der Waals surface area (Å²) >= 11 is 0. The van der Waals surface area contributed by atoms with E-state index in [1.165, 1.54) is 39.9 Å². The Kier molecular flexibility index (Phi) is 6.57. The molecule has 1 aliphatic carbocycles. The van der Waals surface area contributed by atoms with Crippen molar-refractivity contribution in [2.45, 2.75) is 44.6 Å². The first-order chi connectivity index (χ1) is 15.5. The highest BCUT2D eigenvalue weighted by molar-refractivity contribution is 5.98. The van der Waals surface area contributed by atoms with E-state index in [4.69, 9.17) is 15.2 Å². The van der Waals surface area contributed by atoms with Crippen molar-refractivity contribution in [2.75, 3.05) is 51.0 Å². The topological polar surface area (TPSA) is 126 Å². The number of hydrogen-bond donors (Lipinski definition) is 3. The number of rotatable bonds is 4. The Morgan fingerprint density at radius 3 is 2.41 bits per heavy atom. The van der Waals surface area contributed by atoms with E-state index in [-0.39, 0.29) is 29.4 Å². The molecule has 2 heterocycles. The van der Waals surface area contributed by atoms with Crippen molar-refractivity contribution in [3.8, 4) is 17.2 Å². The number of fused-ring (bicyclic) bond motifs is 1. The van der Waals surface area contributed by atoms with Gasteiger partial charge in [0.05, 0.1) is 25.1 Å². The molecule has 10 nitrogen and oxygen atoms in total. The molecule has 1 aromatic carbocycles. The quantitative estimate of drug-likeness (QED) is 0.614. The van der Waals surface area contributed by atoms with Crippen molar-refractivity contribution in [3.63, 3.8) is 0 Å². The second-order valence-corrected chi connectivity index (χ2v) is 8.38. The molecule has 2 aromatic rings. The van der Waals surface area contributed by atoms with Crippen molar-refractivity contribution >= 4 is 28.7 Å². The molecule has 0 atom stereocenters. The number of nitrogens with two attached hydrogens (primary N) is 1. The second kappa shape index (κ2) is 9.54. The molecule has 174 valence electrons. The van der Waals surface area contributed by atoms with E-state index in [9.17, 15) is 9.90 Å². The first-order valence-electron chi connectivity index (χ1n) is 11.2. The third kappa shape index (κ3) is 4.39. The predicted octanol–water partition coefficient (Wildman–Crippen LogP) is 2.49. The molecule has 0 bridgehead atoms. The summed E-state index contributed by atoms with van der Waals surface area (Å²) in [7, 11) is 2.94. The number of hydrogen-bond acceptors (Lipinski definition) is 8. The number of phenols is 1. The van der Waals surface area contributed by atoms with Gasteiger partial charge in [-0.1, -0.05) is 25.7 Å². The van der Waals surface area contributed by atoms with Crippen LogP contribution < -0.4 is 25.4 Å². The minimum Gasteiger partial charge on any atom is -0.504 e. The lowest BCUT2D eigenvalue weighted by Gasteiger charge is -2.35. The van der Waals surface area contributed by atoms with Crippen molar-refractivity contribution in [1.82, 2.24) is 20.2 Å². The highest BCUT2D eigenvalue weighted by atomic mass is 16.5. The smallest absolute Gasteiger partial charge is 0.317 e. The number of carbonyl (C=O) groups excluding carboxylic acids is 1. The maximum absolute atomic E-state index is 12.7. The molecular formula is C22H32N6O4. The molecule has 2 fully saturated rings. The van der Waals surface area contributed by atoms with Gasteiger partial charge in [-0.2, -0.15) is 4.98 Å². The number of nitrogen functional groups attached to an aromatic ring is 1. The first-order valence-corrected chi connectivity index (χ1v) is 11.2. The fourth-order valence-electron chi connectivity index (χ4n) is 4.54. The van der Waals surface area contributed by atoms with Crippen LogP contribution in [0.3, 0.4) is 0 Å². The van der Waals surface area contributed by atoms with Crippen molar-refractivity contribution in [2.24, 2.45) is 0 Å². The number of aromatic nitrogens is 2. The molecule has 4 rings (SSSR count). The van der Waals surface area contributed by atoms with Gasteiger partial charge in [-0.3, -0.25) is 0 Å². The van der Waals surface area contributed by atoms with Gasteiger partial charge in [0.15, 0.2) is 11.5 Å². The van der Waals surface area contributed by atoms with Crippen LogP contribution in [0, 0.1) is 0 Å². The van der Waals surface area contributed by atoms with Gasteiger partial charge in [-0.15, -0.1) is 0 Å². The van der Waals surface area contributed by atoms with Crippen LogP contribution in [0.5, 0.6) is 17.2 Å². The zero-order chi connectivity index (χ0) is 22.7. The Balaban J connectivity index is 1.46. The van der Waals surface area contributed by atoms with E-state index in [0.717, 1.165) is 12.8 Å². The van der Waals surface area contributed by atoms with E-state index in [1.807, 2.05) is 9.80 Å². The van der Waals surface area contributed by atoms with Crippen LogP contribution in [-0.4, -0.2) is 72.4 Å². The highest BCUT2D eigenvalue weighted by Gasteiger charge is 2.26. The summed E-state index contributed by atoms with van der Waals surface area (Å²) in [5.41, 5.74) is 6.63. The van der Waals surface area contributed by atoms with Crippen LogP contribution >= 0.6 is 0 Å². The lowest BCUT2D eigenvalue weighted by molar-refractivity contribution is 0.188. The number of phenolic OH excluding ortho intramolecular Hbond substituents is 1. The fourth-order valence-corrected chi connectivity index (χ4v) is 4.54. The molecule has 2 aliphatic rings. The predicted molar refractivity (Wildman–Crippen MR) is 123 cm³/mol. The van der Waals surface area contributed by atoms with Gasteiger partial charge in [0.25, 0.3) is 0 Å². The van der Waals surface area contributed by atoms with Crippen LogP contribution in [0.4, 0.5) is 16.6 Å². The monoisotopic (exact) mass is 444 g/mol. The number of benzene rings is 1. The van der Waals surface area contributed by atoms with Gasteiger partial charge >= 0.3 is 6.03 Å². The molecule has 0 unspecified atom stereocenters. The Morgan fingerprint density at radius 2 is 1.78 bits per heavy atom. The van der Waals surface area contributed by atoms with E-state index in [2.05, 4.69) is 15.3 Å². The highest BCUT2D eigenvalue weighted by Crippen LogP contribution is 2.44. The summed E-state index contributed by atoms with van der Waals surface area (Å²) in [6.45, 7) is 2.36. The Hall–Kier alpha value is -3.17. The number of amides is 2. The van der Waals surface area contributed by atoms with Crippen LogP contribution in [-0.2, 0) is 0 Å². The largest absolute Gasteiger partial charge is 0.504 e. The van der Waals surface area contributed by atoms with Crippen LogP contribution in [0.1, 0.15) is 38.5 Å². The molecule has 1 aliphatic heterocycles. The number of urea groups is 1. The van der Waals surface area contributed by atoms with Gasteiger partial charge < -0.3 is 35.4 Å². The average Bonchev–Trinajstić information content (AvgIpc) is 3.07. The summed E-state index contributed by atoms with van der Waals surface area (Å²) in [6, 6.07) is 1.97. The third-order valence-corrected chi connectivity index (χ3v) is 6.35. The molecular weight excluding hydrogens is 412 g/mol. The Morgan fingerprint density at radius 1 is 1.09 bits per heavy atom. The van der Waals surface area contributed by atoms with E-state index < -0.39 is 0 Å². The van der Waals surface area contributed by atoms with Crippen molar-refractivity contribution in [1.29, 1.82) is 0 Å². The molecule has 4 N–H and O–H groups in total. The lowest BCUT2D eigenvalue weighted by Crippen LogP contribution is -2.53. The molecule has 1 saturated heterocycles. The number of ether oxygens (including phenoxy) is 2. The summed E-state index contributed by atoms with van der Waals surface area (Å²) in [6.07, 6.45) is 7.03. The Labute approximate surface area is 187 Å². The number of aromatic hydroxyl groups is 1. The average molecular weight is 445 g/mol. The van der Waals surface area contributed by atoms with Gasteiger partial charge in [-0.25, -0.2) is 9.78 Å². The summed E-state index contributed by atoms with van der Waals surface area (Å²) < 4.78 is 10.5. The van der Waals surface area contributed by atoms with E-state index in [0.29, 0.717) is 48.8 Å². The minimum absolute atomic E-state index is 0.0113. The van der Waals surface area contributed by atoms with Crippen molar-refractivity contribution in [3.05, 3.63) is 6.07 Å². The van der Waals surface area contributed by atoms with Crippen LogP contribution in [0.25, 0.3) is 10.9 Å². The fraction of sp³-hybridized carbons (Fsp3) is 0.591. The number of piperazine rings is 1. The van der Waals surface area contributed by atoms with Gasteiger partial charge in [0.1, 0.15) is 5.82 Å². The first kappa shape index (κ1) is 22.0. The SMILES string of the molecule is COc1cc2nc(N3CCN(C(=O)NC4CCCCCC4)CC3)nc(N)c2c(O)c1OC. The number of nitrogens with zero attached hydrogens (tertiary/aromatic N) is 4. The van der Waals surface area contributed by atoms with Gasteiger partial charge in [0.2, 0.25) is 11.7 Å². The summed E-state index contributed by atoms with van der Waals surface area (Å²) in [4.78, 5) is 25.6. The number of anilines is 2. The molecule has 0 radical (unpaired) electrons. The molecule has 1 aromatic heterocycles. The summed E-state index contributed by atoms with van der Waals surface area (Å²) in [5.74, 6) is 1.03. The minimum atomic E-state index is -0.147. The maximum atomic E-state index is 12.7. The van der Waals surface area contributed by atoms with Crippen LogP contribution in [0.2, 0.25) is 0 Å². The molecule has 0 spiro atoms. The molecule has 32 heavy (non-hydrogen) atoms. The van der Waals surface area contributed by atoms with E-state index >= 15 is 0 Å². The summed E-state index contributed by atoms with van der Waals surface area (Å²) in [5, 5.41) is 14.1. The zero-order valence-corrected chi connectivity index (χ0v) is 18.8. The van der Waals surface area contributed by atoms with Crippen molar-refractivity contribution < 1.29 is 19.4 Å². The maximum Gasteiger partial charge on any atom is 0.317 e. The third-order valence-electron chi connectivity index (χ3n) is 6.35. The molecule has 1 saturated carbocycles. The molecule has 10 heteroatoms. The van der Waals surface area contributed by atoms with Crippen LogP contribution in [0.15, 0.2) is 6.07 Å². The number of carbonyl (C=O) groups is 1. The Bertz CT molecular complexity index is 969. The van der Waals surface area contributed by atoms with Gasteiger partial charge in [0, 0.05) is 38.3 Å². The van der Waals surface area contributed by atoms with Gasteiger partial charge in [-0.05, 0) is 12.8 Å². The van der Waals surface area contributed by atoms with E-state index in [1.54, 1.807) is 6.07 Å². The zero-order valence-electron chi connectivity index (χ0n) is 18.8. The number of methoxy groups -OCH3 is 2. The normalized spacial score (nSPS) is 17.8. The lowest BCUT2D eigenvalue weighted by atomic mass is 10.1. The second-order valence-electron chi connectivity index (χ2n) is 8.38.